The quantitative estimate of drug-likeness (QED) is 0.898. The molecule has 0 bridgehead atoms. The van der Waals surface area contributed by atoms with Crippen LogP contribution in [-0.4, -0.2) is 46.2 Å². The van der Waals surface area contributed by atoms with Gasteiger partial charge >= 0.3 is 0 Å². The Balaban J connectivity index is 1.63. The van der Waals surface area contributed by atoms with Gasteiger partial charge in [-0.1, -0.05) is 0 Å². The lowest BCUT2D eigenvalue weighted by molar-refractivity contribution is 0.0925. The molecule has 3 heterocycles. The largest absolute Gasteiger partial charge is 0.477 e. The first-order valence-corrected chi connectivity index (χ1v) is 8.71. The Hall–Kier alpha value is -2.57. The normalized spacial score (nSPS) is 15.2. The lowest BCUT2D eigenvalue weighted by Crippen LogP contribution is -2.45. The number of ether oxygens (including phenoxy) is 1. The van der Waals surface area contributed by atoms with E-state index in [0.29, 0.717) is 18.1 Å². The summed E-state index contributed by atoms with van der Waals surface area (Å²) in [7, 11) is 2.00. The zero-order valence-corrected chi connectivity index (χ0v) is 15.0. The lowest BCUT2D eigenvalue weighted by atomic mass is 10.0. The molecule has 7 nitrogen and oxygen atoms in total. The van der Waals surface area contributed by atoms with Crippen LogP contribution in [0.2, 0.25) is 0 Å². The van der Waals surface area contributed by atoms with E-state index >= 15 is 0 Å². The van der Waals surface area contributed by atoms with Gasteiger partial charge in [0.2, 0.25) is 11.8 Å². The van der Waals surface area contributed by atoms with Crippen molar-refractivity contribution in [2.45, 2.75) is 32.7 Å². The molecule has 0 atom stereocenters. The molecule has 0 radical (unpaired) electrons. The molecule has 2 aromatic heterocycles. The van der Waals surface area contributed by atoms with Crippen molar-refractivity contribution in [3.63, 3.8) is 0 Å². The Kier molecular flexibility index (Phi) is 5.21. The topological polar surface area (TPSA) is 72.3 Å². The second kappa shape index (κ2) is 7.55. The predicted molar refractivity (Wildman–Crippen MR) is 96.1 cm³/mol. The number of aromatic nitrogens is 3. The van der Waals surface area contributed by atoms with Gasteiger partial charge in [-0.15, -0.1) is 0 Å². The minimum absolute atomic E-state index is 0.107. The number of amides is 1. The maximum Gasteiger partial charge on any atom is 0.257 e. The van der Waals surface area contributed by atoms with Crippen molar-refractivity contribution < 1.29 is 9.53 Å². The molecule has 1 fully saturated rings. The molecule has 0 spiro atoms. The third kappa shape index (κ3) is 3.75. The van der Waals surface area contributed by atoms with E-state index in [2.05, 4.69) is 20.2 Å². The van der Waals surface area contributed by atoms with E-state index in [1.165, 1.54) is 0 Å². The molecule has 3 rings (SSSR count). The summed E-state index contributed by atoms with van der Waals surface area (Å²) in [5, 5.41) is 3.14. The molecule has 0 unspecified atom stereocenters. The molecule has 0 aromatic carbocycles. The first kappa shape index (κ1) is 17.3. The van der Waals surface area contributed by atoms with Crippen molar-refractivity contribution >= 4 is 11.9 Å². The predicted octanol–water partition coefficient (Wildman–Crippen LogP) is 1.92. The Morgan fingerprint density at radius 3 is 2.72 bits per heavy atom. The average molecular weight is 343 g/mol. The summed E-state index contributed by atoms with van der Waals surface area (Å²) in [5.74, 6) is 1.28. The molecule has 0 aliphatic carbocycles. The maximum atomic E-state index is 12.7. The van der Waals surface area contributed by atoms with Crippen molar-refractivity contribution in [3.05, 3.63) is 35.8 Å². The van der Waals surface area contributed by atoms with Crippen LogP contribution in [0.3, 0.4) is 0 Å². The fraction of sp³-hybridized carbons (Fsp3) is 0.500. The fourth-order valence-corrected chi connectivity index (χ4v) is 3.20. The second-order valence-corrected chi connectivity index (χ2v) is 6.31. The Morgan fingerprint density at radius 2 is 2.08 bits per heavy atom. The van der Waals surface area contributed by atoms with Gasteiger partial charge in [0.1, 0.15) is 5.56 Å². The number of carbonyl (C=O) groups is 1. The van der Waals surface area contributed by atoms with Crippen LogP contribution < -0.4 is 15.0 Å². The van der Waals surface area contributed by atoms with Gasteiger partial charge in [-0.25, -0.2) is 9.97 Å². The number of nitrogens with zero attached hydrogens (tertiary/aromatic N) is 4. The van der Waals surface area contributed by atoms with E-state index in [0.717, 1.165) is 37.4 Å². The van der Waals surface area contributed by atoms with Gasteiger partial charge in [0.25, 0.3) is 5.91 Å². The molecule has 1 aliphatic rings. The van der Waals surface area contributed by atoms with Gasteiger partial charge in [-0.05, 0) is 38.3 Å². The van der Waals surface area contributed by atoms with Crippen LogP contribution in [-0.2, 0) is 7.05 Å². The molecule has 1 amide bonds. The number of carbonyl (C=O) groups excluding carboxylic acids is 1. The average Bonchev–Trinajstić information content (AvgIpc) is 3.02. The first-order valence-electron chi connectivity index (χ1n) is 8.71. The second-order valence-electron chi connectivity index (χ2n) is 6.31. The minimum atomic E-state index is -0.107. The van der Waals surface area contributed by atoms with Gasteiger partial charge < -0.3 is 19.5 Å². The summed E-state index contributed by atoms with van der Waals surface area (Å²) < 4.78 is 7.54. The van der Waals surface area contributed by atoms with Gasteiger partial charge in [0, 0.05) is 44.8 Å². The van der Waals surface area contributed by atoms with E-state index in [1.807, 2.05) is 43.9 Å². The molecule has 1 N–H and O–H groups in total. The van der Waals surface area contributed by atoms with Crippen molar-refractivity contribution in [2.24, 2.45) is 7.05 Å². The molecule has 1 saturated heterocycles. The molecule has 2 aromatic rings. The van der Waals surface area contributed by atoms with E-state index in [1.54, 1.807) is 6.20 Å². The smallest absolute Gasteiger partial charge is 0.257 e. The van der Waals surface area contributed by atoms with Crippen LogP contribution in [0.4, 0.5) is 5.95 Å². The molecular formula is C18H25N5O2. The van der Waals surface area contributed by atoms with Crippen molar-refractivity contribution in [2.75, 3.05) is 24.6 Å². The van der Waals surface area contributed by atoms with E-state index < -0.39 is 0 Å². The minimum Gasteiger partial charge on any atom is -0.477 e. The number of imidazole rings is 1. The van der Waals surface area contributed by atoms with Crippen LogP contribution in [0.15, 0.2) is 24.7 Å². The van der Waals surface area contributed by atoms with Gasteiger partial charge in [0.15, 0.2) is 0 Å². The van der Waals surface area contributed by atoms with Crippen molar-refractivity contribution in [1.29, 1.82) is 0 Å². The monoisotopic (exact) mass is 343 g/mol. The zero-order valence-electron chi connectivity index (χ0n) is 15.0. The van der Waals surface area contributed by atoms with Crippen molar-refractivity contribution in [1.82, 2.24) is 19.9 Å². The summed E-state index contributed by atoms with van der Waals surface area (Å²) in [5.41, 5.74) is 1.41. The Bertz CT molecular complexity index is 735. The van der Waals surface area contributed by atoms with Gasteiger partial charge in [-0.2, -0.15) is 0 Å². The fourth-order valence-electron chi connectivity index (χ4n) is 3.20. The van der Waals surface area contributed by atoms with E-state index in [9.17, 15) is 4.79 Å². The molecule has 0 saturated carbocycles. The Morgan fingerprint density at radius 1 is 1.32 bits per heavy atom. The first-order chi connectivity index (χ1) is 12.1. The third-order valence-corrected chi connectivity index (χ3v) is 4.54. The highest BCUT2D eigenvalue weighted by atomic mass is 16.5. The standard InChI is InChI=1S/C18H25N5O2/c1-4-25-17-15(13(2)5-8-19-17)16(24)21-14-6-10-23(11-7-14)18-20-9-12-22(18)3/h5,8-9,12,14H,4,6-7,10-11H2,1-3H3,(H,21,24). The number of nitrogens with one attached hydrogen (secondary N) is 1. The molecule has 25 heavy (non-hydrogen) atoms. The number of hydrogen-bond donors (Lipinski definition) is 1. The highest BCUT2D eigenvalue weighted by Crippen LogP contribution is 2.21. The highest BCUT2D eigenvalue weighted by Gasteiger charge is 2.25. The summed E-state index contributed by atoms with van der Waals surface area (Å²) in [4.78, 5) is 23.6. The number of pyridine rings is 1. The maximum absolute atomic E-state index is 12.7. The number of rotatable bonds is 5. The van der Waals surface area contributed by atoms with Crippen LogP contribution in [0.5, 0.6) is 5.88 Å². The summed E-state index contributed by atoms with van der Waals surface area (Å²) in [6.45, 7) is 6.03. The van der Waals surface area contributed by atoms with Gasteiger partial charge in [0.05, 0.1) is 6.61 Å². The molecule has 7 heteroatoms. The van der Waals surface area contributed by atoms with E-state index in [-0.39, 0.29) is 11.9 Å². The highest BCUT2D eigenvalue weighted by molar-refractivity contribution is 5.98. The third-order valence-electron chi connectivity index (χ3n) is 4.54. The SMILES string of the molecule is CCOc1nccc(C)c1C(=O)NC1CCN(c2nccn2C)CC1. The summed E-state index contributed by atoms with van der Waals surface area (Å²) in [6.07, 6.45) is 7.21. The number of aryl methyl sites for hydroxylation is 2. The van der Waals surface area contributed by atoms with Crippen LogP contribution in [0.1, 0.15) is 35.7 Å². The van der Waals surface area contributed by atoms with Gasteiger partial charge in [-0.3, -0.25) is 4.79 Å². The molecule has 1 aliphatic heterocycles. The lowest BCUT2D eigenvalue weighted by Gasteiger charge is -2.33. The molecule has 134 valence electrons. The number of piperidine rings is 1. The Labute approximate surface area is 148 Å². The summed E-state index contributed by atoms with van der Waals surface area (Å²) in [6, 6.07) is 1.99. The van der Waals surface area contributed by atoms with Crippen LogP contribution in [0.25, 0.3) is 0 Å². The molecular weight excluding hydrogens is 318 g/mol. The van der Waals surface area contributed by atoms with Crippen LogP contribution >= 0.6 is 0 Å². The number of hydrogen-bond acceptors (Lipinski definition) is 5. The summed E-state index contributed by atoms with van der Waals surface area (Å²) >= 11 is 0. The van der Waals surface area contributed by atoms with E-state index in [4.69, 9.17) is 4.74 Å². The zero-order chi connectivity index (χ0) is 17.8. The van der Waals surface area contributed by atoms with Crippen molar-refractivity contribution in [3.8, 4) is 5.88 Å². The number of anilines is 1. The van der Waals surface area contributed by atoms with Crippen LogP contribution in [0, 0.1) is 6.92 Å².